The summed E-state index contributed by atoms with van der Waals surface area (Å²) in [6, 6.07) is 6.44. The number of aromatic nitrogens is 2. The van der Waals surface area contributed by atoms with E-state index < -0.39 is 0 Å². The zero-order valence-electron chi connectivity index (χ0n) is 13.5. The van der Waals surface area contributed by atoms with Gasteiger partial charge < -0.3 is 5.32 Å². The van der Waals surface area contributed by atoms with Gasteiger partial charge in [-0.05, 0) is 56.5 Å². The lowest BCUT2D eigenvalue weighted by molar-refractivity contribution is 0.551. The van der Waals surface area contributed by atoms with Gasteiger partial charge in [-0.15, -0.1) is 0 Å². The molecule has 1 N–H and O–H groups in total. The van der Waals surface area contributed by atoms with E-state index in [1.165, 1.54) is 11.1 Å². The van der Waals surface area contributed by atoms with Crippen molar-refractivity contribution < 1.29 is 0 Å². The first-order chi connectivity index (χ1) is 9.90. The maximum atomic E-state index is 6.22. The van der Waals surface area contributed by atoms with E-state index in [9.17, 15) is 0 Å². The molecule has 0 atom stereocenters. The van der Waals surface area contributed by atoms with Gasteiger partial charge in [0.05, 0.1) is 22.1 Å². The summed E-state index contributed by atoms with van der Waals surface area (Å²) < 4.78 is 1.91. The van der Waals surface area contributed by atoms with Crippen molar-refractivity contribution in [2.45, 2.75) is 41.2 Å². The molecule has 1 aromatic heterocycles. The van der Waals surface area contributed by atoms with E-state index in [-0.39, 0.29) is 0 Å². The lowest BCUT2D eigenvalue weighted by Gasteiger charge is -2.12. The number of halogens is 1. The van der Waals surface area contributed by atoms with Crippen LogP contribution in [0.5, 0.6) is 0 Å². The number of aryl methyl sites for hydroxylation is 2. The average Bonchev–Trinajstić information content (AvgIpc) is 2.68. The molecule has 0 saturated carbocycles. The molecule has 21 heavy (non-hydrogen) atoms. The third kappa shape index (κ3) is 3.66. The maximum Gasteiger partial charge on any atom is 0.0848 e. The van der Waals surface area contributed by atoms with E-state index in [4.69, 9.17) is 11.6 Å². The number of hydrogen-bond acceptors (Lipinski definition) is 2. The van der Waals surface area contributed by atoms with Gasteiger partial charge in [0.1, 0.15) is 0 Å². The molecule has 114 valence electrons. The molecule has 0 saturated heterocycles. The predicted molar refractivity (Wildman–Crippen MR) is 89.3 cm³/mol. The van der Waals surface area contributed by atoms with Gasteiger partial charge >= 0.3 is 0 Å². The summed E-state index contributed by atoms with van der Waals surface area (Å²) in [6.07, 6.45) is 0. The molecule has 3 nitrogen and oxygen atoms in total. The van der Waals surface area contributed by atoms with Crippen molar-refractivity contribution in [1.29, 1.82) is 0 Å². The zero-order valence-corrected chi connectivity index (χ0v) is 14.3. The molecular weight excluding hydrogens is 282 g/mol. The van der Waals surface area contributed by atoms with Gasteiger partial charge in [0.15, 0.2) is 0 Å². The Morgan fingerprint density at radius 3 is 2.48 bits per heavy atom. The molecule has 1 heterocycles. The predicted octanol–water partition coefficient (Wildman–Crippen LogP) is 4.20. The van der Waals surface area contributed by atoms with Crippen molar-refractivity contribution in [1.82, 2.24) is 15.1 Å². The van der Waals surface area contributed by atoms with Crippen LogP contribution in [0.3, 0.4) is 0 Å². The SMILES string of the molecule is Cc1cc(-n2nc(C)c(Cl)c2C)ccc1CNCC(C)C. The van der Waals surface area contributed by atoms with Crippen molar-refractivity contribution >= 4 is 11.6 Å². The minimum absolute atomic E-state index is 0.668. The highest BCUT2D eigenvalue weighted by Gasteiger charge is 2.11. The minimum Gasteiger partial charge on any atom is -0.312 e. The topological polar surface area (TPSA) is 29.9 Å². The minimum atomic E-state index is 0.668. The number of nitrogens with one attached hydrogen (secondary N) is 1. The molecule has 1 aromatic carbocycles. The monoisotopic (exact) mass is 305 g/mol. The molecule has 0 unspecified atom stereocenters. The Morgan fingerprint density at radius 1 is 1.24 bits per heavy atom. The van der Waals surface area contributed by atoms with Crippen molar-refractivity contribution in [3.8, 4) is 5.69 Å². The van der Waals surface area contributed by atoms with Crippen LogP contribution < -0.4 is 5.32 Å². The number of nitrogens with zero attached hydrogens (tertiary/aromatic N) is 2. The molecule has 0 radical (unpaired) electrons. The maximum absolute atomic E-state index is 6.22. The Bertz CT molecular complexity index is 629. The van der Waals surface area contributed by atoms with Crippen LogP contribution in [0, 0.1) is 26.7 Å². The Morgan fingerprint density at radius 2 is 1.95 bits per heavy atom. The third-order valence-electron chi connectivity index (χ3n) is 3.64. The Hall–Kier alpha value is -1.32. The highest BCUT2D eigenvalue weighted by atomic mass is 35.5. The van der Waals surface area contributed by atoms with Crippen LogP contribution >= 0.6 is 11.6 Å². The van der Waals surface area contributed by atoms with Crippen molar-refractivity contribution in [2.24, 2.45) is 5.92 Å². The highest BCUT2D eigenvalue weighted by molar-refractivity contribution is 6.31. The lowest BCUT2D eigenvalue weighted by atomic mass is 10.1. The third-order valence-corrected chi connectivity index (χ3v) is 4.19. The molecule has 0 bridgehead atoms. The van der Waals surface area contributed by atoms with E-state index in [2.05, 4.69) is 49.4 Å². The van der Waals surface area contributed by atoms with Crippen LogP contribution in [-0.4, -0.2) is 16.3 Å². The van der Waals surface area contributed by atoms with Gasteiger partial charge in [-0.25, -0.2) is 4.68 Å². The lowest BCUT2D eigenvalue weighted by Crippen LogP contribution is -2.19. The standard InChI is InChI=1S/C17H24ClN3/c1-11(2)9-19-10-15-6-7-16(8-12(15)3)21-14(5)17(18)13(4)20-21/h6-8,11,19H,9-10H2,1-5H3. The average molecular weight is 306 g/mol. The summed E-state index contributed by atoms with van der Waals surface area (Å²) in [5, 5.41) is 8.73. The molecule has 4 heteroatoms. The molecular formula is C17H24ClN3. The smallest absolute Gasteiger partial charge is 0.0848 e. The first-order valence-electron chi connectivity index (χ1n) is 7.42. The zero-order chi connectivity index (χ0) is 15.6. The number of rotatable bonds is 5. The first kappa shape index (κ1) is 16.1. The van der Waals surface area contributed by atoms with Crippen molar-refractivity contribution in [3.05, 3.63) is 45.7 Å². The van der Waals surface area contributed by atoms with Gasteiger partial charge in [0, 0.05) is 6.54 Å². The molecule has 0 amide bonds. The Balaban J connectivity index is 2.20. The summed E-state index contributed by atoms with van der Waals surface area (Å²) in [7, 11) is 0. The van der Waals surface area contributed by atoms with E-state index in [1.807, 2.05) is 18.5 Å². The fourth-order valence-electron chi connectivity index (χ4n) is 2.38. The van der Waals surface area contributed by atoms with Crippen molar-refractivity contribution in [2.75, 3.05) is 6.54 Å². The van der Waals surface area contributed by atoms with E-state index in [0.717, 1.165) is 35.2 Å². The van der Waals surface area contributed by atoms with E-state index in [0.29, 0.717) is 5.92 Å². The molecule has 0 aliphatic heterocycles. The van der Waals surface area contributed by atoms with Gasteiger partial charge in [0.25, 0.3) is 0 Å². The van der Waals surface area contributed by atoms with Gasteiger partial charge in [-0.2, -0.15) is 5.10 Å². The number of benzene rings is 1. The molecule has 0 aliphatic carbocycles. The summed E-state index contributed by atoms with van der Waals surface area (Å²) >= 11 is 6.22. The first-order valence-corrected chi connectivity index (χ1v) is 7.80. The van der Waals surface area contributed by atoms with Crippen LogP contribution in [0.4, 0.5) is 0 Å². The fraction of sp³-hybridized carbons (Fsp3) is 0.471. The van der Waals surface area contributed by atoms with E-state index >= 15 is 0 Å². The van der Waals surface area contributed by atoms with Crippen LogP contribution in [0.15, 0.2) is 18.2 Å². The van der Waals surface area contributed by atoms with Crippen molar-refractivity contribution in [3.63, 3.8) is 0 Å². The van der Waals surface area contributed by atoms with Crippen LogP contribution in [-0.2, 0) is 6.54 Å². The second-order valence-electron chi connectivity index (χ2n) is 6.03. The highest BCUT2D eigenvalue weighted by Crippen LogP contribution is 2.23. The normalized spacial score (nSPS) is 11.4. The van der Waals surface area contributed by atoms with Crippen LogP contribution in [0.25, 0.3) is 5.69 Å². The Kier molecular flexibility index (Phi) is 5.07. The largest absolute Gasteiger partial charge is 0.312 e. The molecule has 2 rings (SSSR count). The fourth-order valence-corrected chi connectivity index (χ4v) is 2.50. The summed E-state index contributed by atoms with van der Waals surface area (Å²) in [5.74, 6) is 0.668. The van der Waals surface area contributed by atoms with Gasteiger partial charge in [-0.1, -0.05) is 31.5 Å². The second-order valence-corrected chi connectivity index (χ2v) is 6.41. The Labute approximate surface area is 132 Å². The summed E-state index contributed by atoms with van der Waals surface area (Å²) in [5.41, 5.74) is 5.51. The van der Waals surface area contributed by atoms with Gasteiger partial charge in [0.2, 0.25) is 0 Å². The van der Waals surface area contributed by atoms with Crippen LogP contribution in [0.1, 0.15) is 36.4 Å². The molecule has 0 spiro atoms. The number of hydrogen-bond donors (Lipinski definition) is 1. The summed E-state index contributed by atoms with van der Waals surface area (Å²) in [4.78, 5) is 0. The van der Waals surface area contributed by atoms with E-state index in [1.54, 1.807) is 0 Å². The van der Waals surface area contributed by atoms with Crippen LogP contribution in [0.2, 0.25) is 5.02 Å². The summed E-state index contributed by atoms with van der Waals surface area (Å²) in [6.45, 7) is 12.4. The molecule has 2 aromatic rings. The quantitative estimate of drug-likeness (QED) is 0.897. The molecule has 0 aliphatic rings. The van der Waals surface area contributed by atoms with Gasteiger partial charge in [-0.3, -0.25) is 0 Å². The second kappa shape index (κ2) is 6.63. The molecule has 0 fully saturated rings.